The number of hydrogen-bond acceptors (Lipinski definition) is 5. The molecule has 0 aliphatic rings. The largest absolute Gasteiger partial charge is 0.842 e. The predicted molar refractivity (Wildman–Crippen MR) is 116 cm³/mol. The van der Waals surface area contributed by atoms with Gasteiger partial charge in [0, 0.05) is 17.8 Å². The molecule has 0 aliphatic carbocycles. The van der Waals surface area contributed by atoms with Crippen LogP contribution in [0.1, 0.15) is 11.1 Å². The Morgan fingerprint density at radius 3 is 2.74 bits per heavy atom. The molecule has 4 aromatic rings. The minimum absolute atomic E-state index is 0.0859. The van der Waals surface area contributed by atoms with Crippen molar-refractivity contribution in [3.8, 4) is 17.0 Å². The number of fused-ring (bicyclic) bond motifs is 1. The minimum Gasteiger partial charge on any atom is -0.842 e. The number of oxime groups is 1. The predicted octanol–water partition coefficient (Wildman–Crippen LogP) is 3.60. The highest BCUT2D eigenvalue weighted by Crippen LogP contribution is 2.32. The van der Waals surface area contributed by atoms with Gasteiger partial charge >= 0.3 is 11.7 Å². The van der Waals surface area contributed by atoms with Crippen molar-refractivity contribution in [3.05, 3.63) is 93.6 Å². The van der Waals surface area contributed by atoms with Crippen LogP contribution in [-0.2, 0) is 24.2 Å². The Hall–Kier alpha value is -3.92. The Kier molecular flexibility index (Phi) is 6.51. The highest BCUT2D eigenvalue weighted by atomic mass is 35.5. The molecule has 0 N–H and O–H groups in total. The van der Waals surface area contributed by atoms with Gasteiger partial charge in [-0.05, 0) is 29.8 Å². The normalized spacial score (nSPS) is 11.9. The topological polar surface area (TPSA) is 82.9 Å². The van der Waals surface area contributed by atoms with Gasteiger partial charge in [-0.1, -0.05) is 41.0 Å². The molecule has 7 nitrogen and oxygen atoms in total. The third kappa shape index (κ3) is 4.86. The molecule has 4 rings (SSSR count). The van der Waals surface area contributed by atoms with Gasteiger partial charge in [0.05, 0.1) is 23.9 Å². The Morgan fingerprint density at radius 1 is 1.18 bits per heavy atom. The SMILES string of the molecule is O=c1c(-c2cccc(C(F)(F)F)c2)c([O-])[n+](CC=NOCc2ccc(Cl)nc2)c2ccccn12. The number of rotatable bonds is 6. The highest BCUT2D eigenvalue weighted by Gasteiger charge is 2.31. The standard InChI is InChI=1S/C23H16ClF3N4O3/c24-18-8-7-15(13-28-18)14-34-29-9-11-31-19-6-1-2-10-30(19)21(32)20(22(31)33)16-4-3-5-17(12-16)23(25,26)27/h1-10,12-13H,11,14H2. The van der Waals surface area contributed by atoms with Crippen molar-refractivity contribution in [3.63, 3.8) is 0 Å². The maximum absolute atomic E-state index is 13.2. The van der Waals surface area contributed by atoms with Gasteiger partial charge in [0.15, 0.2) is 0 Å². The van der Waals surface area contributed by atoms with Gasteiger partial charge in [-0.3, -0.25) is 0 Å². The van der Waals surface area contributed by atoms with Crippen LogP contribution in [-0.4, -0.2) is 15.6 Å². The first-order chi connectivity index (χ1) is 16.3. The molecule has 0 bridgehead atoms. The first-order valence-electron chi connectivity index (χ1n) is 9.92. The zero-order chi connectivity index (χ0) is 24.3. The van der Waals surface area contributed by atoms with Crippen LogP contribution >= 0.6 is 11.6 Å². The molecule has 0 unspecified atom stereocenters. The smallest absolute Gasteiger partial charge is 0.416 e. The van der Waals surface area contributed by atoms with Crippen LogP contribution in [0.25, 0.3) is 16.8 Å². The Bertz CT molecular complexity index is 1420. The molecule has 0 amide bonds. The number of nitrogens with zero attached hydrogens (tertiary/aromatic N) is 4. The number of pyridine rings is 2. The van der Waals surface area contributed by atoms with Gasteiger partial charge in [0.2, 0.25) is 0 Å². The summed E-state index contributed by atoms with van der Waals surface area (Å²) in [6.07, 6.45) is -0.337. The third-order valence-corrected chi connectivity index (χ3v) is 5.14. The van der Waals surface area contributed by atoms with Gasteiger partial charge in [-0.15, -0.1) is 0 Å². The van der Waals surface area contributed by atoms with Crippen molar-refractivity contribution in [2.24, 2.45) is 5.16 Å². The first kappa shape index (κ1) is 23.2. The van der Waals surface area contributed by atoms with Crippen LogP contribution in [0, 0.1) is 0 Å². The maximum Gasteiger partial charge on any atom is 0.416 e. The summed E-state index contributed by atoms with van der Waals surface area (Å²) in [6.45, 7) is 0.0253. The molecular formula is C23H16ClF3N4O3. The second-order valence-corrected chi connectivity index (χ2v) is 7.54. The lowest BCUT2D eigenvalue weighted by atomic mass is 10.0. The zero-order valence-corrected chi connectivity index (χ0v) is 18.1. The van der Waals surface area contributed by atoms with Gasteiger partial charge in [-0.25, -0.2) is 14.3 Å². The van der Waals surface area contributed by atoms with Gasteiger partial charge in [0.25, 0.3) is 5.65 Å². The molecule has 0 saturated heterocycles. The van der Waals surface area contributed by atoms with Crippen LogP contribution in [0.3, 0.4) is 0 Å². The van der Waals surface area contributed by atoms with E-state index in [-0.39, 0.29) is 29.9 Å². The van der Waals surface area contributed by atoms with E-state index in [1.165, 1.54) is 33.6 Å². The summed E-state index contributed by atoms with van der Waals surface area (Å²) in [4.78, 5) is 22.1. The number of hydrogen-bond donors (Lipinski definition) is 0. The summed E-state index contributed by atoms with van der Waals surface area (Å²) in [5, 5.41) is 17.4. The summed E-state index contributed by atoms with van der Waals surface area (Å²) < 4.78 is 42.0. The summed E-state index contributed by atoms with van der Waals surface area (Å²) in [5.74, 6) is -0.746. The quantitative estimate of drug-likeness (QED) is 0.180. The van der Waals surface area contributed by atoms with E-state index >= 15 is 0 Å². The lowest BCUT2D eigenvalue weighted by molar-refractivity contribution is -0.702. The average molecular weight is 489 g/mol. The highest BCUT2D eigenvalue weighted by molar-refractivity contribution is 6.29. The van der Waals surface area contributed by atoms with Crippen LogP contribution in [0.4, 0.5) is 13.2 Å². The minimum atomic E-state index is -4.62. The van der Waals surface area contributed by atoms with Crippen LogP contribution in [0.15, 0.2) is 76.9 Å². The summed E-state index contributed by atoms with van der Waals surface area (Å²) >= 11 is 5.73. The van der Waals surface area contributed by atoms with Gasteiger partial charge in [-0.2, -0.15) is 17.6 Å². The van der Waals surface area contributed by atoms with Crippen molar-refractivity contribution in [2.45, 2.75) is 19.3 Å². The second kappa shape index (κ2) is 9.52. The fraction of sp³-hybridized carbons (Fsp3) is 0.130. The summed E-state index contributed by atoms with van der Waals surface area (Å²) in [6, 6.07) is 12.2. The lowest BCUT2D eigenvalue weighted by Crippen LogP contribution is -2.44. The van der Waals surface area contributed by atoms with E-state index in [0.717, 1.165) is 23.8 Å². The molecule has 3 aromatic heterocycles. The molecule has 174 valence electrons. The molecule has 34 heavy (non-hydrogen) atoms. The van der Waals surface area contributed by atoms with Crippen LogP contribution < -0.4 is 15.2 Å². The maximum atomic E-state index is 13.2. The van der Waals surface area contributed by atoms with Crippen LogP contribution in [0.5, 0.6) is 5.88 Å². The molecule has 3 heterocycles. The Morgan fingerprint density at radius 2 is 2.00 bits per heavy atom. The number of benzene rings is 1. The van der Waals surface area contributed by atoms with Crippen molar-refractivity contribution < 1.29 is 27.7 Å². The third-order valence-electron chi connectivity index (χ3n) is 4.92. The molecular weight excluding hydrogens is 473 g/mol. The van der Waals surface area contributed by atoms with E-state index in [1.54, 1.807) is 30.3 Å². The molecule has 0 radical (unpaired) electrons. The van der Waals surface area contributed by atoms with Crippen molar-refractivity contribution in [2.75, 3.05) is 0 Å². The zero-order valence-electron chi connectivity index (χ0n) is 17.4. The van der Waals surface area contributed by atoms with Gasteiger partial charge in [0.1, 0.15) is 23.9 Å². The molecule has 11 heteroatoms. The van der Waals surface area contributed by atoms with E-state index in [2.05, 4.69) is 10.1 Å². The molecule has 1 aromatic carbocycles. The van der Waals surface area contributed by atoms with E-state index in [4.69, 9.17) is 16.4 Å². The molecule has 0 saturated carbocycles. The summed E-state index contributed by atoms with van der Waals surface area (Å²) in [5.41, 5.74) is -1.21. The lowest BCUT2D eigenvalue weighted by Gasteiger charge is -2.16. The fourth-order valence-corrected chi connectivity index (χ4v) is 3.43. The molecule has 0 atom stereocenters. The fourth-order valence-electron chi connectivity index (χ4n) is 3.32. The molecule has 0 aliphatic heterocycles. The summed E-state index contributed by atoms with van der Waals surface area (Å²) in [7, 11) is 0. The van der Waals surface area contributed by atoms with E-state index in [1.807, 2.05) is 0 Å². The van der Waals surface area contributed by atoms with E-state index in [9.17, 15) is 23.1 Å². The first-order valence-corrected chi connectivity index (χ1v) is 10.3. The van der Waals surface area contributed by atoms with Crippen molar-refractivity contribution in [1.29, 1.82) is 0 Å². The number of halogens is 4. The van der Waals surface area contributed by atoms with Crippen molar-refractivity contribution in [1.82, 2.24) is 9.38 Å². The second-order valence-electron chi connectivity index (χ2n) is 7.15. The number of aromatic nitrogens is 3. The molecule has 0 spiro atoms. The van der Waals surface area contributed by atoms with Crippen LogP contribution in [0.2, 0.25) is 5.15 Å². The monoisotopic (exact) mass is 488 g/mol. The Labute approximate surface area is 196 Å². The average Bonchev–Trinajstić information content (AvgIpc) is 2.82. The van der Waals surface area contributed by atoms with Gasteiger partial charge < -0.3 is 9.94 Å². The van der Waals surface area contributed by atoms with E-state index in [0.29, 0.717) is 5.15 Å². The van der Waals surface area contributed by atoms with E-state index < -0.39 is 23.2 Å². The van der Waals surface area contributed by atoms with Crippen molar-refractivity contribution >= 4 is 23.5 Å². The Balaban J connectivity index is 1.68. The number of alkyl halides is 3. The molecule has 0 fully saturated rings.